The lowest BCUT2D eigenvalue weighted by Crippen LogP contribution is -2.63. The summed E-state index contributed by atoms with van der Waals surface area (Å²) in [6.07, 6.45) is 6.30. The summed E-state index contributed by atoms with van der Waals surface area (Å²) in [5.74, 6) is -2.35. The van der Waals surface area contributed by atoms with Crippen LogP contribution in [0.2, 0.25) is 0 Å². The van der Waals surface area contributed by atoms with Crippen LogP contribution in [0.3, 0.4) is 0 Å². The minimum Gasteiger partial charge on any atom is -0.477 e. The molecule has 3 aliphatic rings. The normalized spacial score (nSPS) is 28.4. The number of carbonyl (C=O) groups excluding carboxylic acids is 2. The van der Waals surface area contributed by atoms with Crippen LogP contribution in [-0.4, -0.2) is 88.8 Å². The van der Waals surface area contributed by atoms with Gasteiger partial charge < -0.3 is 29.3 Å². The maximum absolute atomic E-state index is 12.9. The Labute approximate surface area is 212 Å². The maximum Gasteiger partial charge on any atom is 0.410 e. The molecule has 2 fully saturated rings. The average molecular weight is 516 g/mol. The number of imidazole rings is 1. The third-order valence-corrected chi connectivity index (χ3v) is 8.77. The van der Waals surface area contributed by atoms with Crippen LogP contribution in [0.5, 0.6) is 0 Å². The number of ether oxygens (including phenoxy) is 1. The van der Waals surface area contributed by atoms with Gasteiger partial charge in [0.1, 0.15) is 18.0 Å². The Morgan fingerprint density at radius 2 is 2.17 bits per heavy atom. The third kappa shape index (κ3) is 3.88. The highest BCUT2D eigenvalue weighted by molar-refractivity contribution is 8.03. The molecule has 192 valence electrons. The van der Waals surface area contributed by atoms with Gasteiger partial charge in [0.25, 0.3) is 0 Å². The lowest BCUT2D eigenvalue weighted by Gasteiger charge is -2.46. The van der Waals surface area contributed by atoms with Crippen LogP contribution < -0.4 is 0 Å². The van der Waals surface area contributed by atoms with E-state index in [1.165, 1.54) is 22.7 Å². The number of hydrogen-bond acceptors (Lipinski definition) is 7. The molecule has 0 unspecified atom stereocenters. The lowest BCUT2D eigenvalue weighted by molar-refractivity contribution is -0.163. The van der Waals surface area contributed by atoms with Crippen LogP contribution in [0.4, 0.5) is 4.79 Å². The number of nitrogens with zero attached hydrogens (tertiary/aromatic N) is 5. The van der Waals surface area contributed by atoms with E-state index in [2.05, 4.69) is 11.7 Å². The second kappa shape index (κ2) is 9.32. The Morgan fingerprint density at radius 1 is 1.39 bits per heavy atom. The number of rotatable bonds is 8. The van der Waals surface area contributed by atoms with Crippen LogP contribution in [-0.2, 0) is 20.9 Å². The number of fused-ring (bicyclic) bond motifs is 2. The van der Waals surface area contributed by atoms with Crippen molar-refractivity contribution in [1.29, 1.82) is 0 Å². The number of β-lactam (4-membered cyclic amide) rings is 1. The van der Waals surface area contributed by atoms with Crippen molar-refractivity contribution >= 4 is 35.4 Å². The monoisotopic (exact) mass is 515 g/mol. The highest BCUT2D eigenvalue weighted by Crippen LogP contribution is 2.52. The molecule has 36 heavy (non-hydrogen) atoms. The molecular weight excluding hydrogens is 486 g/mol. The van der Waals surface area contributed by atoms with Crippen molar-refractivity contribution in [2.75, 3.05) is 13.2 Å². The van der Waals surface area contributed by atoms with Gasteiger partial charge in [0.15, 0.2) is 0 Å². The Morgan fingerprint density at radius 3 is 2.86 bits per heavy atom. The molecule has 2 N–H and O–H groups in total. The number of thioether (sulfide) groups is 1. The molecule has 2 aromatic heterocycles. The standard InChI is InChI=1S/C24H29N5O6S/c1-4-9-35-24(34)27-12-16(10-15(27)11-26-7-8-28-17(26)5-6-25-28)36-21-13(2)19-18(14(3)30)22(31)29(19)20(21)23(32)33/h4-8,13-16,18-19,30H,1,9-12H2,2-3H3,(H,32,33)/t13-,14-,15+,16+,18-,19-/m1/s1. The Hall–Kier alpha value is -3.25. The van der Waals surface area contributed by atoms with Gasteiger partial charge in [-0.05, 0) is 13.3 Å². The maximum atomic E-state index is 12.9. The highest BCUT2D eigenvalue weighted by Gasteiger charge is 2.60. The summed E-state index contributed by atoms with van der Waals surface area (Å²) in [5, 5.41) is 24.2. The first-order chi connectivity index (χ1) is 17.2. The molecule has 0 spiro atoms. The SMILES string of the molecule is C=CCOC(=O)N1C[C@@H](SC2=C(C(=O)O)N3C(=O)[C@H]([C@@H](C)O)[C@H]3[C@H]2C)C[C@H]1Cn1ccn2nccc12. The minimum atomic E-state index is -1.16. The summed E-state index contributed by atoms with van der Waals surface area (Å²) in [6, 6.07) is 1.35. The summed E-state index contributed by atoms with van der Waals surface area (Å²) in [4.78, 5) is 41.3. The van der Waals surface area contributed by atoms with Gasteiger partial charge in [-0.15, -0.1) is 11.8 Å². The zero-order valence-corrected chi connectivity index (χ0v) is 20.9. The van der Waals surface area contributed by atoms with Crippen molar-refractivity contribution in [2.45, 2.75) is 50.3 Å². The van der Waals surface area contributed by atoms with Gasteiger partial charge in [-0.2, -0.15) is 5.10 Å². The van der Waals surface area contributed by atoms with E-state index in [0.717, 1.165) is 5.65 Å². The Balaban J connectivity index is 1.39. The van der Waals surface area contributed by atoms with Gasteiger partial charge in [0, 0.05) is 47.6 Å². The van der Waals surface area contributed by atoms with Gasteiger partial charge in [-0.3, -0.25) is 4.79 Å². The molecule has 0 bridgehead atoms. The van der Waals surface area contributed by atoms with Gasteiger partial charge in [-0.1, -0.05) is 19.6 Å². The number of aliphatic hydroxyl groups excluding tert-OH is 1. The molecule has 0 radical (unpaired) electrons. The molecule has 2 aromatic rings. The summed E-state index contributed by atoms with van der Waals surface area (Å²) in [6.45, 7) is 8.07. The number of hydrogen-bond donors (Lipinski definition) is 2. The fraction of sp³-hybridized carbons (Fsp3) is 0.500. The predicted octanol–water partition coefficient (Wildman–Crippen LogP) is 1.79. The fourth-order valence-electron chi connectivity index (χ4n) is 5.68. The van der Waals surface area contributed by atoms with Crippen molar-refractivity contribution in [2.24, 2.45) is 11.8 Å². The molecule has 0 aromatic carbocycles. The molecule has 6 atom stereocenters. The van der Waals surface area contributed by atoms with Gasteiger partial charge in [-0.25, -0.2) is 14.1 Å². The molecule has 0 aliphatic carbocycles. The zero-order chi connectivity index (χ0) is 25.7. The minimum absolute atomic E-state index is 0.00462. The summed E-state index contributed by atoms with van der Waals surface area (Å²) in [5.41, 5.74) is 0.896. The number of likely N-dealkylation sites (tertiary alicyclic amines) is 1. The van der Waals surface area contributed by atoms with Crippen molar-refractivity contribution in [3.63, 3.8) is 0 Å². The summed E-state index contributed by atoms with van der Waals surface area (Å²) < 4.78 is 9.12. The van der Waals surface area contributed by atoms with Crippen LogP contribution in [0.1, 0.15) is 20.3 Å². The van der Waals surface area contributed by atoms with Gasteiger partial charge in [0.2, 0.25) is 5.91 Å². The topological polar surface area (TPSA) is 130 Å². The number of carbonyl (C=O) groups is 3. The van der Waals surface area contributed by atoms with Crippen LogP contribution in [0, 0.1) is 11.8 Å². The quantitative estimate of drug-likeness (QED) is 0.402. The number of carboxylic acids is 1. The van der Waals surface area contributed by atoms with E-state index in [1.807, 2.05) is 30.0 Å². The number of amides is 2. The molecule has 2 amide bonds. The van der Waals surface area contributed by atoms with E-state index in [1.54, 1.807) is 22.5 Å². The predicted molar refractivity (Wildman–Crippen MR) is 131 cm³/mol. The average Bonchev–Trinajstić information content (AvgIpc) is 3.57. The van der Waals surface area contributed by atoms with E-state index in [-0.39, 0.29) is 41.5 Å². The number of aliphatic hydroxyl groups is 1. The molecule has 11 nitrogen and oxygen atoms in total. The molecule has 3 aliphatic heterocycles. The van der Waals surface area contributed by atoms with Crippen LogP contribution in [0.25, 0.3) is 5.65 Å². The van der Waals surface area contributed by atoms with E-state index < -0.39 is 24.1 Å². The van der Waals surface area contributed by atoms with Crippen molar-refractivity contribution < 1.29 is 29.3 Å². The first kappa shape index (κ1) is 24.4. The second-order valence-electron chi connectivity index (χ2n) is 9.50. The smallest absolute Gasteiger partial charge is 0.410 e. The van der Waals surface area contributed by atoms with E-state index in [0.29, 0.717) is 24.4 Å². The highest BCUT2D eigenvalue weighted by atomic mass is 32.2. The van der Waals surface area contributed by atoms with Gasteiger partial charge >= 0.3 is 12.1 Å². The fourth-order valence-corrected chi connectivity index (χ4v) is 7.24. The first-order valence-electron chi connectivity index (χ1n) is 11.9. The van der Waals surface area contributed by atoms with Crippen molar-refractivity contribution in [3.8, 4) is 0 Å². The Kier molecular flexibility index (Phi) is 6.33. The Bertz CT molecular complexity index is 1250. The number of carboxylic acid groups (broad SMARTS) is 1. The van der Waals surface area contributed by atoms with Gasteiger partial charge in [0.05, 0.1) is 30.3 Å². The van der Waals surface area contributed by atoms with Crippen molar-refractivity contribution in [3.05, 3.63) is 47.9 Å². The largest absolute Gasteiger partial charge is 0.477 e. The lowest BCUT2D eigenvalue weighted by atomic mass is 9.79. The molecule has 5 heterocycles. The second-order valence-corrected chi connectivity index (χ2v) is 10.8. The molecule has 12 heteroatoms. The van der Waals surface area contributed by atoms with Crippen molar-refractivity contribution in [1.82, 2.24) is 24.0 Å². The molecule has 0 saturated carbocycles. The van der Waals surface area contributed by atoms with Crippen LogP contribution >= 0.6 is 11.8 Å². The van der Waals surface area contributed by atoms with E-state index >= 15 is 0 Å². The van der Waals surface area contributed by atoms with Crippen LogP contribution in [0.15, 0.2) is 47.9 Å². The molecule has 2 saturated heterocycles. The molecule has 5 rings (SSSR count). The summed E-state index contributed by atoms with van der Waals surface area (Å²) >= 11 is 1.42. The number of aliphatic carboxylic acids is 1. The van der Waals surface area contributed by atoms with E-state index in [9.17, 15) is 24.6 Å². The third-order valence-electron chi connectivity index (χ3n) is 7.28. The molecular formula is C24H29N5O6S. The summed E-state index contributed by atoms with van der Waals surface area (Å²) in [7, 11) is 0. The first-order valence-corrected chi connectivity index (χ1v) is 12.8. The zero-order valence-electron chi connectivity index (χ0n) is 20.1. The number of aromatic nitrogens is 3. The van der Waals surface area contributed by atoms with E-state index in [4.69, 9.17) is 4.74 Å².